The summed E-state index contributed by atoms with van der Waals surface area (Å²) in [6.45, 7) is 10.5. The monoisotopic (exact) mass is 957 g/mol. The Balaban J connectivity index is 1.00. The van der Waals surface area contributed by atoms with Gasteiger partial charge in [0.1, 0.15) is 0 Å². The third kappa shape index (κ3) is 9.81. The molecule has 2 saturated heterocycles. The molecule has 2 fully saturated rings. The van der Waals surface area contributed by atoms with E-state index < -0.39 is 38.9 Å². The number of fused-ring (bicyclic) bond motifs is 2. The zero-order valence-corrected chi connectivity index (χ0v) is 39.8. The summed E-state index contributed by atoms with van der Waals surface area (Å²) in [5.74, 6) is -0.436. The van der Waals surface area contributed by atoms with Crippen molar-refractivity contribution in [1.29, 1.82) is 0 Å². The van der Waals surface area contributed by atoms with E-state index in [1.165, 1.54) is 28.8 Å². The molecule has 1 amide bonds. The molecule has 18 heteroatoms. The molecule has 2 aromatic heterocycles. The molecular formula is C48H57ClN7O8PS. The van der Waals surface area contributed by atoms with Gasteiger partial charge in [0.05, 0.1) is 0 Å². The minimum atomic E-state index is -4.63. The summed E-state index contributed by atoms with van der Waals surface area (Å²) in [7, 11) is -8.53. The topological polar surface area (TPSA) is 192 Å². The van der Waals surface area contributed by atoms with Gasteiger partial charge in [-0.25, -0.2) is 0 Å². The van der Waals surface area contributed by atoms with Gasteiger partial charge in [-0.3, -0.25) is 0 Å². The van der Waals surface area contributed by atoms with Gasteiger partial charge in [-0.1, -0.05) is 25.4 Å². The second-order valence-electron chi connectivity index (χ2n) is 18.8. The Hall–Kier alpha value is -5.09. The predicted octanol–water partition coefficient (Wildman–Crippen LogP) is 7.26. The van der Waals surface area contributed by atoms with Crippen molar-refractivity contribution in [2.45, 2.75) is 57.3 Å². The van der Waals surface area contributed by atoms with E-state index in [1.54, 1.807) is 18.3 Å². The van der Waals surface area contributed by atoms with Crippen molar-refractivity contribution >= 4 is 79.3 Å². The first-order valence-electron chi connectivity index (χ1n) is 22.8. The molecule has 350 valence electrons. The number of anilines is 2. The normalized spacial score (nSPS) is 19.7. The number of benzene rings is 3. The van der Waals surface area contributed by atoms with E-state index in [0.717, 1.165) is 73.9 Å². The molecule has 0 saturated carbocycles. The molecule has 5 aromatic rings. The van der Waals surface area contributed by atoms with E-state index in [-0.39, 0.29) is 34.6 Å². The number of amides is 1. The number of nitrogens with one attached hydrogen (secondary N) is 3. The van der Waals surface area contributed by atoms with Crippen LogP contribution in [0.1, 0.15) is 68.3 Å². The number of piperazine rings is 1. The number of allylic oxidation sites excluding steroid dienone is 1. The minimum absolute atomic E-state index is 0.0109. The fraction of sp³-hybridized carbons (Fsp3) is 0.417. The fourth-order valence-electron chi connectivity index (χ4n) is 9.87. The van der Waals surface area contributed by atoms with E-state index in [0.29, 0.717) is 62.1 Å². The molecule has 0 radical (unpaired) electrons. The number of aromatic nitrogens is 2. The molecule has 9 rings (SSSR count). The van der Waals surface area contributed by atoms with Gasteiger partial charge >= 0.3 is 319 Å². The van der Waals surface area contributed by atoms with E-state index in [9.17, 15) is 28.2 Å². The molecular weight excluding hydrogens is 901 g/mol. The Morgan fingerprint density at radius 3 is 2.55 bits per heavy atom. The van der Waals surface area contributed by atoms with Gasteiger partial charge in [0.25, 0.3) is 0 Å². The first-order valence-corrected chi connectivity index (χ1v) is 26.8. The third-order valence-corrected chi connectivity index (χ3v) is 18.9. The van der Waals surface area contributed by atoms with Gasteiger partial charge in [-0.2, -0.15) is 0 Å². The maximum absolute atomic E-state index is 14.5. The van der Waals surface area contributed by atoms with E-state index >= 15 is 0 Å². The van der Waals surface area contributed by atoms with Crippen LogP contribution in [0.2, 0.25) is 5.02 Å². The summed E-state index contributed by atoms with van der Waals surface area (Å²) in [4.78, 5) is 51.3. The van der Waals surface area contributed by atoms with Crippen LogP contribution in [0.5, 0.6) is 5.88 Å². The van der Waals surface area contributed by atoms with Crippen molar-refractivity contribution in [3.8, 4) is 5.88 Å². The summed E-state index contributed by atoms with van der Waals surface area (Å²) >= 11 is 6.27. The molecule has 4 N–H and O–H groups in total. The zero-order chi connectivity index (χ0) is 46.2. The van der Waals surface area contributed by atoms with E-state index in [1.807, 2.05) is 30.3 Å². The number of carbonyl (C=O) groups excluding carboxylic acids is 1. The molecule has 0 atom stereocenters. The number of hydrogen-bond donors (Lipinski definition) is 4. The number of nitro benzene ring substituents is 1. The Labute approximate surface area is 390 Å². The van der Waals surface area contributed by atoms with Gasteiger partial charge in [-0.15, -0.1) is 0 Å². The van der Waals surface area contributed by atoms with Crippen LogP contribution in [-0.2, 0) is 14.8 Å². The molecule has 0 unspecified atom stereocenters. The fourth-order valence-corrected chi connectivity index (χ4v) is 14.4. The second kappa shape index (κ2) is 18.9. The number of carbonyl (C=O) groups is 1. The van der Waals surface area contributed by atoms with Gasteiger partial charge in [0.15, 0.2) is 0 Å². The molecule has 3 aromatic carbocycles. The van der Waals surface area contributed by atoms with Crippen LogP contribution in [0.25, 0.3) is 16.6 Å². The Morgan fingerprint density at radius 1 is 1.02 bits per heavy atom. The number of nitro groups is 1. The van der Waals surface area contributed by atoms with Crippen LogP contribution >= 0.6 is 19.1 Å². The van der Waals surface area contributed by atoms with Crippen molar-refractivity contribution in [3.63, 3.8) is 0 Å². The van der Waals surface area contributed by atoms with Gasteiger partial charge in [0, 0.05) is 18.2 Å². The number of pyridine rings is 1. The van der Waals surface area contributed by atoms with Gasteiger partial charge in [-0.05, 0) is 25.0 Å². The number of sulfonamides is 1. The third-order valence-electron chi connectivity index (χ3n) is 13.7. The number of ether oxygens (including phenoxy) is 2. The summed E-state index contributed by atoms with van der Waals surface area (Å²) < 4.78 is 41.7. The standard InChI is InChI=1S/C48H57ClN7O8PS/c1-48(2)16-12-35(40(29-48)33-4-6-36(49)7-5-33)31-54-18-20-55(21-19-54)37-8-10-39(43(27-37)65(60)25-3-22-64-47-44(65)26-34-13-17-50-45(34)52-47)46(57)53-66(61,62)38-9-11-41(42(28-38)56(58)59)51-30-32-14-23-63-24-15-32/h4-11,13,17,26-28,32,51,60,65H,3,12,14-16,18-25,29-31H2,1-2H3,(H,50,52)(H,53,57). The van der Waals surface area contributed by atoms with Crippen molar-refractivity contribution in [1.82, 2.24) is 19.6 Å². The summed E-state index contributed by atoms with van der Waals surface area (Å²) in [6.07, 6.45) is 7.29. The molecule has 3 aliphatic heterocycles. The SMILES string of the molecule is CC1(C)CCC(CN2CCN(c3ccc(C(=O)NS(=O)(=O)c4ccc(NCC5CCOCC5)c([N+](=O)[O-])c4)c([PH]4(O)CCCOc5nc6[nH]ccc6cc54)c3)CC2)=C(c2ccc(Cl)cc2)C1. The Morgan fingerprint density at radius 2 is 1.79 bits per heavy atom. The average Bonchev–Trinajstić information content (AvgIpc) is 3.71. The van der Waals surface area contributed by atoms with Crippen molar-refractivity contribution in [3.05, 3.63) is 111 Å². The number of hydrogen-bond acceptors (Lipinski definition) is 12. The van der Waals surface area contributed by atoms with Crippen LogP contribution < -0.4 is 30.3 Å². The summed E-state index contributed by atoms with van der Waals surface area (Å²) in [5, 5.41) is 17.6. The number of nitrogens with zero attached hydrogens (tertiary/aromatic N) is 4. The van der Waals surface area contributed by atoms with E-state index in [2.05, 4.69) is 50.8 Å². The molecule has 5 heterocycles. The van der Waals surface area contributed by atoms with Crippen molar-refractivity contribution in [2.75, 3.05) is 75.5 Å². The average molecular weight is 959 g/mol. The first-order chi connectivity index (χ1) is 31.7. The number of aromatic amines is 1. The molecule has 0 spiro atoms. The van der Waals surface area contributed by atoms with Crippen LogP contribution in [0.15, 0.2) is 89.5 Å². The molecule has 15 nitrogen and oxygen atoms in total. The molecule has 0 bridgehead atoms. The first kappa shape index (κ1) is 46.0. The number of halogens is 1. The van der Waals surface area contributed by atoms with Crippen LogP contribution in [-0.4, -0.2) is 104 Å². The van der Waals surface area contributed by atoms with Gasteiger partial charge < -0.3 is 4.74 Å². The Bertz CT molecular complexity index is 2790. The molecule has 66 heavy (non-hydrogen) atoms. The summed E-state index contributed by atoms with van der Waals surface area (Å²) in [5.41, 5.74) is 5.42. The van der Waals surface area contributed by atoms with Crippen LogP contribution in [0, 0.1) is 21.4 Å². The number of H-pyrrole nitrogens is 1. The van der Waals surface area contributed by atoms with Crippen LogP contribution in [0.3, 0.4) is 0 Å². The predicted molar refractivity (Wildman–Crippen MR) is 262 cm³/mol. The van der Waals surface area contributed by atoms with E-state index in [4.69, 9.17) is 26.1 Å². The molecule has 4 aliphatic rings. The van der Waals surface area contributed by atoms with Crippen LogP contribution in [0.4, 0.5) is 17.1 Å². The summed E-state index contributed by atoms with van der Waals surface area (Å²) in [6, 6.07) is 20.7. The Kier molecular flexibility index (Phi) is 13.2. The number of rotatable bonds is 12. The molecule has 1 aliphatic carbocycles. The van der Waals surface area contributed by atoms with Crippen molar-refractivity contribution in [2.24, 2.45) is 11.3 Å². The van der Waals surface area contributed by atoms with Crippen molar-refractivity contribution < 1.29 is 32.5 Å². The maximum atomic E-state index is 14.5. The second-order valence-corrected chi connectivity index (χ2v) is 24.2. The van der Waals surface area contributed by atoms with Gasteiger partial charge in [0.2, 0.25) is 0 Å². The zero-order valence-electron chi connectivity index (χ0n) is 37.3. The quantitative estimate of drug-likeness (QED) is 0.0557.